The molecule has 0 aliphatic carbocycles. The van der Waals surface area contributed by atoms with Crippen molar-refractivity contribution in [3.05, 3.63) is 35.4 Å². The second-order valence-electron chi connectivity index (χ2n) is 3.60. The summed E-state index contributed by atoms with van der Waals surface area (Å²) < 4.78 is 26.2. The number of hydrogen-bond acceptors (Lipinski definition) is 2. The van der Waals surface area contributed by atoms with Crippen LogP contribution in [-0.2, 0) is 11.2 Å². The van der Waals surface area contributed by atoms with Crippen LogP contribution in [0.2, 0.25) is 0 Å². The summed E-state index contributed by atoms with van der Waals surface area (Å²) in [6.45, 7) is 1.68. The van der Waals surface area contributed by atoms with Crippen molar-refractivity contribution < 1.29 is 13.6 Å². The van der Waals surface area contributed by atoms with E-state index in [0.717, 1.165) is 12.1 Å². The van der Waals surface area contributed by atoms with Crippen LogP contribution in [0.4, 0.5) is 8.78 Å². The minimum Gasteiger partial charge on any atom is -0.328 e. The highest BCUT2D eigenvalue weighted by Gasteiger charge is 2.13. The number of benzene rings is 1. The quantitative estimate of drug-likeness (QED) is 0.828. The molecule has 0 aliphatic rings. The molecule has 0 aliphatic heterocycles. The lowest BCUT2D eigenvalue weighted by molar-refractivity contribution is -0.118. The molecule has 0 aromatic heterocycles. The Kier molecular flexibility index (Phi) is 3.91. The molecule has 1 rings (SSSR count). The van der Waals surface area contributed by atoms with E-state index >= 15 is 0 Å². The van der Waals surface area contributed by atoms with Gasteiger partial charge in [-0.1, -0.05) is 6.07 Å². The van der Waals surface area contributed by atoms with Gasteiger partial charge in [-0.15, -0.1) is 0 Å². The van der Waals surface area contributed by atoms with E-state index in [0.29, 0.717) is 0 Å². The van der Waals surface area contributed by atoms with E-state index in [1.807, 2.05) is 0 Å². The third-order valence-electron chi connectivity index (χ3n) is 1.99. The van der Waals surface area contributed by atoms with Crippen LogP contribution in [0.15, 0.2) is 18.2 Å². The Morgan fingerprint density at radius 3 is 2.40 bits per heavy atom. The molecule has 0 bridgehead atoms. The van der Waals surface area contributed by atoms with Crippen LogP contribution >= 0.6 is 0 Å². The Bertz CT molecular complexity index is 343. The van der Waals surface area contributed by atoms with Gasteiger partial charge in [-0.3, -0.25) is 4.79 Å². The highest BCUT2D eigenvalue weighted by Crippen LogP contribution is 2.13. The van der Waals surface area contributed by atoms with Gasteiger partial charge < -0.3 is 5.73 Å². The molecule has 1 aromatic rings. The smallest absolute Gasteiger partial charge is 0.139 e. The molecule has 1 unspecified atom stereocenters. The molecule has 0 heterocycles. The largest absolute Gasteiger partial charge is 0.328 e. The minimum atomic E-state index is -0.687. The number of halogens is 2. The van der Waals surface area contributed by atoms with Gasteiger partial charge >= 0.3 is 0 Å². The number of nitrogens with two attached hydrogens (primary N) is 1. The van der Waals surface area contributed by atoms with E-state index in [4.69, 9.17) is 5.73 Å². The van der Waals surface area contributed by atoms with Crippen molar-refractivity contribution in [3.63, 3.8) is 0 Å². The van der Waals surface area contributed by atoms with Gasteiger partial charge in [0.2, 0.25) is 0 Å². The summed E-state index contributed by atoms with van der Waals surface area (Å²) in [5, 5.41) is 0. The molecule has 0 saturated carbocycles. The van der Waals surface area contributed by atoms with Crippen LogP contribution in [0.25, 0.3) is 0 Å². The Labute approximate surface area is 87.1 Å². The Morgan fingerprint density at radius 1 is 1.40 bits per heavy atom. The normalized spacial score (nSPS) is 12.5. The molecule has 82 valence electrons. The third-order valence-corrected chi connectivity index (χ3v) is 1.99. The first-order valence-corrected chi connectivity index (χ1v) is 4.71. The fourth-order valence-electron chi connectivity index (χ4n) is 1.33. The average molecular weight is 213 g/mol. The molecular formula is C11H13F2NO. The van der Waals surface area contributed by atoms with E-state index in [1.165, 1.54) is 6.07 Å². The Hall–Kier alpha value is -1.29. The van der Waals surface area contributed by atoms with Crippen LogP contribution in [-0.4, -0.2) is 11.8 Å². The van der Waals surface area contributed by atoms with Gasteiger partial charge in [0.15, 0.2) is 0 Å². The summed E-state index contributed by atoms with van der Waals surface area (Å²) >= 11 is 0. The van der Waals surface area contributed by atoms with Crippen molar-refractivity contribution in [1.82, 2.24) is 0 Å². The van der Waals surface area contributed by atoms with E-state index in [1.54, 1.807) is 6.92 Å². The summed E-state index contributed by atoms with van der Waals surface area (Å²) in [6, 6.07) is 3.26. The summed E-state index contributed by atoms with van der Waals surface area (Å²) in [7, 11) is 0. The number of carbonyl (C=O) groups excluding carboxylic acids is 1. The molecular weight excluding hydrogens is 200 g/mol. The predicted molar refractivity (Wildman–Crippen MR) is 53.3 cm³/mol. The maximum Gasteiger partial charge on any atom is 0.139 e. The summed E-state index contributed by atoms with van der Waals surface area (Å²) in [6.07, 6.45) is -0.103. The van der Waals surface area contributed by atoms with E-state index < -0.39 is 11.6 Å². The fraction of sp³-hybridized carbons (Fsp3) is 0.364. The number of Topliss-reactive ketones (excluding diaryl/α,β-unsaturated/α-hetero) is 1. The zero-order chi connectivity index (χ0) is 11.4. The van der Waals surface area contributed by atoms with Crippen molar-refractivity contribution >= 4 is 5.78 Å². The molecule has 1 atom stereocenters. The Balaban J connectivity index is 2.76. The monoisotopic (exact) mass is 213 g/mol. The second kappa shape index (κ2) is 4.98. The van der Waals surface area contributed by atoms with Crippen molar-refractivity contribution in [2.24, 2.45) is 5.73 Å². The lowest BCUT2D eigenvalue weighted by Crippen LogP contribution is -2.21. The Morgan fingerprint density at radius 2 is 1.93 bits per heavy atom. The summed E-state index contributed by atoms with van der Waals surface area (Å²) in [5.41, 5.74) is 5.24. The topological polar surface area (TPSA) is 43.1 Å². The van der Waals surface area contributed by atoms with Crippen LogP contribution in [0.1, 0.15) is 18.9 Å². The van der Waals surface area contributed by atoms with Crippen molar-refractivity contribution in [2.75, 3.05) is 0 Å². The second-order valence-corrected chi connectivity index (χ2v) is 3.60. The minimum absolute atomic E-state index is 0.133. The van der Waals surface area contributed by atoms with Crippen molar-refractivity contribution in [3.8, 4) is 0 Å². The lowest BCUT2D eigenvalue weighted by Gasteiger charge is -2.06. The third kappa shape index (κ3) is 3.40. The van der Waals surface area contributed by atoms with Crippen LogP contribution in [0.3, 0.4) is 0 Å². The van der Waals surface area contributed by atoms with Gasteiger partial charge in [0, 0.05) is 24.4 Å². The molecule has 0 radical (unpaired) electrons. The zero-order valence-electron chi connectivity index (χ0n) is 8.47. The molecule has 0 saturated heterocycles. The van der Waals surface area contributed by atoms with Crippen LogP contribution in [0, 0.1) is 11.6 Å². The molecule has 4 heteroatoms. The molecule has 0 fully saturated rings. The fourth-order valence-corrected chi connectivity index (χ4v) is 1.33. The molecule has 0 amide bonds. The van der Waals surface area contributed by atoms with Gasteiger partial charge in [-0.25, -0.2) is 8.78 Å². The summed E-state index contributed by atoms with van der Waals surface area (Å²) in [5.74, 6) is -1.63. The SMILES string of the molecule is CC(N)CC(=O)Cc1c(F)cccc1F. The van der Waals surface area contributed by atoms with E-state index in [9.17, 15) is 13.6 Å². The molecule has 2 N–H and O–H groups in total. The standard InChI is InChI=1S/C11H13F2NO/c1-7(14)5-8(15)6-9-10(12)3-2-4-11(9)13/h2-4,7H,5-6,14H2,1H3. The molecule has 1 aromatic carbocycles. The van der Waals surface area contributed by atoms with Crippen molar-refractivity contribution in [2.45, 2.75) is 25.8 Å². The molecule has 0 spiro atoms. The van der Waals surface area contributed by atoms with Gasteiger partial charge in [0.05, 0.1) is 0 Å². The van der Waals surface area contributed by atoms with Crippen LogP contribution < -0.4 is 5.73 Å². The first kappa shape index (κ1) is 11.8. The maximum atomic E-state index is 13.1. The predicted octanol–water partition coefficient (Wildman–Crippen LogP) is 1.81. The first-order chi connectivity index (χ1) is 7.00. The number of carbonyl (C=O) groups is 1. The van der Waals surface area contributed by atoms with Crippen LogP contribution in [0.5, 0.6) is 0 Å². The van der Waals surface area contributed by atoms with E-state index in [2.05, 4.69) is 0 Å². The number of ketones is 1. The molecule has 15 heavy (non-hydrogen) atoms. The van der Waals surface area contributed by atoms with Gasteiger partial charge in [0.25, 0.3) is 0 Å². The highest BCUT2D eigenvalue weighted by molar-refractivity contribution is 5.81. The number of hydrogen-bond donors (Lipinski definition) is 1. The van der Waals surface area contributed by atoms with E-state index in [-0.39, 0.29) is 30.2 Å². The summed E-state index contributed by atoms with van der Waals surface area (Å²) in [4.78, 5) is 11.3. The maximum absolute atomic E-state index is 13.1. The zero-order valence-corrected chi connectivity index (χ0v) is 8.47. The van der Waals surface area contributed by atoms with Crippen molar-refractivity contribution in [1.29, 1.82) is 0 Å². The van der Waals surface area contributed by atoms with Gasteiger partial charge in [-0.05, 0) is 19.1 Å². The van der Waals surface area contributed by atoms with Gasteiger partial charge in [-0.2, -0.15) is 0 Å². The highest BCUT2D eigenvalue weighted by atomic mass is 19.1. The first-order valence-electron chi connectivity index (χ1n) is 4.71. The van der Waals surface area contributed by atoms with Gasteiger partial charge in [0.1, 0.15) is 17.4 Å². The lowest BCUT2D eigenvalue weighted by atomic mass is 10.0. The average Bonchev–Trinajstić information content (AvgIpc) is 2.10. The number of rotatable bonds is 4. The molecule has 2 nitrogen and oxygen atoms in total.